The number of hydrogen-bond acceptors (Lipinski definition) is 4. The number of hydrogen-bond donors (Lipinski definition) is 2. The summed E-state index contributed by atoms with van der Waals surface area (Å²) in [7, 11) is 2.03. The standard InChI is InChI=1S/C18H28N4O3/c1-4-14(2)25-16-7-5-15(6-8-16)20-18(24)19-13-17(23)22-11-9-21(3)10-12-22/h5-8,14H,4,9-13H2,1-3H3,(H2,19,20,24). The zero-order chi connectivity index (χ0) is 18.2. The molecule has 0 aliphatic carbocycles. The van der Waals surface area contributed by atoms with E-state index in [-0.39, 0.29) is 18.6 Å². The highest BCUT2D eigenvalue weighted by Crippen LogP contribution is 2.17. The first-order chi connectivity index (χ1) is 12.0. The first kappa shape index (κ1) is 19.1. The minimum Gasteiger partial charge on any atom is -0.491 e. The van der Waals surface area contributed by atoms with Crippen molar-refractivity contribution in [2.75, 3.05) is 45.1 Å². The molecule has 0 saturated carbocycles. The number of nitrogens with zero attached hydrogens (tertiary/aromatic N) is 2. The summed E-state index contributed by atoms with van der Waals surface area (Å²) in [4.78, 5) is 28.0. The molecule has 1 aliphatic heterocycles. The SMILES string of the molecule is CCC(C)Oc1ccc(NC(=O)NCC(=O)N2CCN(C)CC2)cc1. The lowest BCUT2D eigenvalue weighted by atomic mass is 10.3. The smallest absolute Gasteiger partial charge is 0.319 e. The lowest BCUT2D eigenvalue weighted by molar-refractivity contribution is -0.131. The molecule has 0 spiro atoms. The third kappa shape index (κ3) is 6.26. The molecular weight excluding hydrogens is 320 g/mol. The van der Waals surface area contributed by atoms with Gasteiger partial charge in [-0.05, 0) is 44.7 Å². The maximum absolute atomic E-state index is 12.1. The second kappa shape index (κ2) is 9.27. The van der Waals surface area contributed by atoms with Gasteiger partial charge in [0.2, 0.25) is 5.91 Å². The van der Waals surface area contributed by atoms with Crippen LogP contribution in [0.2, 0.25) is 0 Å². The fraction of sp³-hybridized carbons (Fsp3) is 0.556. The summed E-state index contributed by atoms with van der Waals surface area (Å²) < 4.78 is 5.70. The zero-order valence-electron chi connectivity index (χ0n) is 15.2. The lowest BCUT2D eigenvalue weighted by Crippen LogP contribution is -2.50. The van der Waals surface area contributed by atoms with Crippen molar-refractivity contribution >= 4 is 17.6 Å². The Morgan fingerprint density at radius 2 is 1.80 bits per heavy atom. The Morgan fingerprint density at radius 3 is 2.40 bits per heavy atom. The minimum absolute atomic E-state index is 0.00472. The van der Waals surface area contributed by atoms with E-state index in [1.54, 1.807) is 17.0 Å². The molecule has 7 heteroatoms. The van der Waals surface area contributed by atoms with Crippen molar-refractivity contribution < 1.29 is 14.3 Å². The Balaban J connectivity index is 1.73. The van der Waals surface area contributed by atoms with Gasteiger partial charge in [-0.25, -0.2) is 4.79 Å². The largest absolute Gasteiger partial charge is 0.491 e. The monoisotopic (exact) mass is 348 g/mol. The lowest BCUT2D eigenvalue weighted by Gasteiger charge is -2.32. The average molecular weight is 348 g/mol. The molecule has 3 amide bonds. The van der Waals surface area contributed by atoms with Gasteiger partial charge in [-0.15, -0.1) is 0 Å². The molecule has 1 atom stereocenters. The van der Waals surface area contributed by atoms with Crippen LogP contribution < -0.4 is 15.4 Å². The summed E-state index contributed by atoms with van der Waals surface area (Å²) >= 11 is 0. The highest BCUT2D eigenvalue weighted by Gasteiger charge is 2.19. The summed E-state index contributed by atoms with van der Waals surface area (Å²) in [5.74, 6) is 0.714. The molecule has 7 nitrogen and oxygen atoms in total. The number of carbonyl (C=O) groups excluding carboxylic acids is 2. The van der Waals surface area contributed by atoms with Gasteiger partial charge in [0, 0.05) is 31.9 Å². The predicted octanol–water partition coefficient (Wildman–Crippen LogP) is 1.76. The van der Waals surface area contributed by atoms with Gasteiger partial charge >= 0.3 is 6.03 Å². The van der Waals surface area contributed by atoms with E-state index >= 15 is 0 Å². The Kier molecular flexibility index (Phi) is 7.06. The topological polar surface area (TPSA) is 73.9 Å². The highest BCUT2D eigenvalue weighted by molar-refractivity contribution is 5.92. The number of ether oxygens (including phenoxy) is 1. The average Bonchev–Trinajstić information content (AvgIpc) is 2.62. The maximum Gasteiger partial charge on any atom is 0.319 e. The van der Waals surface area contributed by atoms with E-state index in [1.807, 2.05) is 26.1 Å². The van der Waals surface area contributed by atoms with Crippen LogP contribution in [0.15, 0.2) is 24.3 Å². The minimum atomic E-state index is -0.391. The van der Waals surface area contributed by atoms with Gasteiger partial charge in [0.25, 0.3) is 0 Å². The Bertz CT molecular complexity index is 568. The van der Waals surface area contributed by atoms with Gasteiger partial charge in [-0.3, -0.25) is 4.79 Å². The summed E-state index contributed by atoms with van der Waals surface area (Å²) in [6.45, 7) is 7.22. The molecule has 1 fully saturated rings. The molecule has 1 heterocycles. The molecular formula is C18H28N4O3. The van der Waals surface area contributed by atoms with Crippen LogP contribution >= 0.6 is 0 Å². The molecule has 0 bridgehead atoms. The Morgan fingerprint density at radius 1 is 1.16 bits per heavy atom. The van der Waals surface area contributed by atoms with E-state index in [0.717, 1.165) is 25.3 Å². The molecule has 1 unspecified atom stereocenters. The van der Waals surface area contributed by atoms with Crippen LogP contribution in [-0.4, -0.2) is 67.6 Å². The number of likely N-dealkylation sites (N-methyl/N-ethyl adjacent to an activating group) is 1. The molecule has 2 rings (SSSR count). The molecule has 1 saturated heterocycles. The van der Waals surface area contributed by atoms with Crippen molar-refractivity contribution in [3.8, 4) is 5.75 Å². The Labute approximate surface area is 149 Å². The number of piperazine rings is 1. The molecule has 138 valence electrons. The molecule has 2 N–H and O–H groups in total. The quantitative estimate of drug-likeness (QED) is 0.822. The number of rotatable bonds is 6. The van der Waals surface area contributed by atoms with E-state index in [9.17, 15) is 9.59 Å². The molecule has 1 aromatic rings. The second-order valence-electron chi connectivity index (χ2n) is 6.35. The predicted molar refractivity (Wildman–Crippen MR) is 97.9 cm³/mol. The first-order valence-corrected chi connectivity index (χ1v) is 8.75. The Hall–Kier alpha value is -2.28. The van der Waals surface area contributed by atoms with Crippen LogP contribution in [0.4, 0.5) is 10.5 Å². The molecule has 1 aliphatic rings. The van der Waals surface area contributed by atoms with E-state index in [1.165, 1.54) is 0 Å². The van der Waals surface area contributed by atoms with Crippen molar-refractivity contribution in [2.24, 2.45) is 0 Å². The van der Waals surface area contributed by atoms with Gasteiger partial charge in [-0.1, -0.05) is 6.92 Å². The van der Waals surface area contributed by atoms with Crippen LogP contribution in [0, 0.1) is 0 Å². The summed E-state index contributed by atoms with van der Waals surface area (Å²) in [6.07, 6.45) is 1.09. The zero-order valence-corrected chi connectivity index (χ0v) is 15.2. The normalized spacial score (nSPS) is 16.2. The van der Waals surface area contributed by atoms with Gasteiger partial charge < -0.3 is 25.2 Å². The molecule has 1 aromatic carbocycles. The fourth-order valence-corrected chi connectivity index (χ4v) is 2.43. The summed E-state index contributed by atoms with van der Waals surface area (Å²) in [5, 5.41) is 5.33. The van der Waals surface area contributed by atoms with E-state index in [0.29, 0.717) is 18.8 Å². The van der Waals surface area contributed by atoms with Crippen molar-refractivity contribution in [1.82, 2.24) is 15.1 Å². The van der Waals surface area contributed by atoms with Gasteiger partial charge in [0.1, 0.15) is 5.75 Å². The number of anilines is 1. The summed E-state index contributed by atoms with van der Waals surface area (Å²) in [5.41, 5.74) is 0.654. The number of nitrogens with one attached hydrogen (secondary N) is 2. The molecule has 25 heavy (non-hydrogen) atoms. The van der Waals surface area contributed by atoms with Gasteiger partial charge in [0.05, 0.1) is 12.6 Å². The van der Waals surface area contributed by atoms with Crippen molar-refractivity contribution in [1.29, 1.82) is 0 Å². The van der Waals surface area contributed by atoms with Crippen LogP contribution in [0.1, 0.15) is 20.3 Å². The fourth-order valence-electron chi connectivity index (χ4n) is 2.43. The van der Waals surface area contributed by atoms with E-state index in [2.05, 4.69) is 22.5 Å². The second-order valence-corrected chi connectivity index (χ2v) is 6.35. The van der Waals surface area contributed by atoms with Gasteiger partial charge in [0.15, 0.2) is 0 Å². The van der Waals surface area contributed by atoms with Crippen molar-refractivity contribution in [2.45, 2.75) is 26.4 Å². The number of benzene rings is 1. The van der Waals surface area contributed by atoms with Crippen LogP contribution in [0.25, 0.3) is 0 Å². The van der Waals surface area contributed by atoms with E-state index < -0.39 is 6.03 Å². The molecule has 0 radical (unpaired) electrons. The van der Waals surface area contributed by atoms with Crippen molar-refractivity contribution in [3.63, 3.8) is 0 Å². The van der Waals surface area contributed by atoms with Crippen LogP contribution in [-0.2, 0) is 4.79 Å². The highest BCUT2D eigenvalue weighted by atomic mass is 16.5. The van der Waals surface area contributed by atoms with Crippen molar-refractivity contribution in [3.05, 3.63) is 24.3 Å². The maximum atomic E-state index is 12.1. The number of urea groups is 1. The van der Waals surface area contributed by atoms with Crippen LogP contribution in [0.3, 0.4) is 0 Å². The van der Waals surface area contributed by atoms with Crippen LogP contribution in [0.5, 0.6) is 5.75 Å². The van der Waals surface area contributed by atoms with E-state index in [4.69, 9.17) is 4.74 Å². The number of amides is 3. The third-order valence-electron chi connectivity index (χ3n) is 4.28. The molecule has 0 aromatic heterocycles. The number of carbonyl (C=O) groups is 2. The third-order valence-corrected chi connectivity index (χ3v) is 4.28. The first-order valence-electron chi connectivity index (χ1n) is 8.75. The van der Waals surface area contributed by atoms with Gasteiger partial charge in [-0.2, -0.15) is 0 Å². The summed E-state index contributed by atoms with van der Waals surface area (Å²) in [6, 6.07) is 6.80.